The summed E-state index contributed by atoms with van der Waals surface area (Å²) in [4.78, 5) is 4.08. The van der Waals surface area contributed by atoms with Crippen LogP contribution in [0.1, 0.15) is 5.56 Å². The van der Waals surface area contributed by atoms with E-state index in [1.165, 1.54) is 5.56 Å². The van der Waals surface area contributed by atoms with E-state index in [4.69, 9.17) is 0 Å². The summed E-state index contributed by atoms with van der Waals surface area (Å²) in [6.45, 7) is 0.877. The quantitative estimate of drug-likeness (QED) is 0.746. The van der Waals surface area contributed by atoms with Crippen LogP contribution in [0.3, 0.4) is 0 Å². The molecule has 70 valence electrons. The van der Waals surface area contributed by atoms with Gasteiger partial charge in [-0.25, -0.2) is 4.98 Å². The van der Waals surface area contributed by atoms with E-state index in [-0.39, 0.29) is 0 Å². The molecule has 0 aliphatic heterocycles. The molecule has 1 aromatic carbocycles. The van der Waals surface area contributed by atoms with E-state index >= 15 is 0 Å². The van der Waals surface area contributed by atoms with Crippen molar-refractivity contribution in [2.75, 3.05) is 0 Å². The summed E-state index contributed by atoms with van der Waals surface area (Å²) in [5, 5.41) is 0. The highest BCUT2D eigenvalue weighted by molar-refractivity contribution is 9.10. The van der Waals surface area contributed by atoms with Crippen LogP contribution in [-0.4, -0.2) is 4.98 Å². The molecule has 0 N–H and O–H groups in total. The first-order chi connectivity index (χ1) is 6.84. The molecule has 1 heterocycles. The first-order valence-electron chi connectivity index (χ1n) is 4.39. The molecule has 0 bridgehead atoms. The molecule has 0 unspecified atom stereocenters. The Morgan fingerprint density at radius 3 is 2.71 bits per heavy atom. The minimum atomic E-state index is 0.857. The molecule has 14 heavy (non-hydrogen) atoms. The number of rotatable bonds is 2. The molecule has 0 radical (unpaired) electrons. The molecular formula is C11H10BrN2+. The second-order valence-corrected chi connectivity index (χ2v) is 3.85. The van der Waals surface area contributed by atoms with Crippen molar-refractivity contribution in [3.8, 4) is 0 Å². The van der Waals surface area contributed by atoms with Crippen LogP contribution in [0.25, 0.3) is 0 Å². The molecule has 0 aliphatic carbocycles. The molecule has 2 aromatic rings. The lowest BCUT2D eigenvalue weighted by Crippen LogP contribution is -2.33. The summed E-state index contributed by atoms with van der Waals surface area (Å²) in [7, 11) is 0. The Bertz CT molecular complexity index is 415. The zero-order valence-corrected chi connectivity index (χ0v) is 9.18. The fraction of sp³-hybridized carbons (Fsp3) is 0.0909. The van der Waals surface area contributed by atoms with Crippen LogP contribution in [-0.2, 0) is 6.54 Å². The molecule has 2 nitrogen and oxygen atoms in total. The molecular weight excluding hydrogens is 240 g/mol. The summed E-state index contributed by atoms with van der Waals surface area (Å²) >= 11 is 3.34. The molecule has 0 saturated carbocycles. The van der Waals surface area contributed by atoms with E-state index in [1.54, 1.807) is 6.20 Å². The third-order valence-corrected chi connectivity index (χ3v) is 2.35. The van der Waals surface area contributed by atoms with E-state index in [1.807, 2.05) is 30.6 Å². The van der Waals surface area contributed by atoms with Crippen LogP contribution in [0.15, 0.2) is 53.5 Å². The molecule has 0 saturated heterocycles. The van der Waals surface area contributed by atoms with Crippen molar-refractivity contribution in [1.29, 1.82) is 0 Å². The lowest BCUT2D eigenvalue weighted by atomic mass is 10.2. The Morgan fingerprint density at radius 1 is 1.21 bits per heavy atom. The first kappa shape index (κ1) is 9.34. The van der Waals surface area contributed by atoms with Gasteiger partial charge in [-0.15, -0.1) is 0 Å². The molecule has 0 aliphatic rings. The van der Waals surface area contributed by atoms with Gasteiger partial charge in [0.05, 0.1) is 6.20 Å². The summed E-state index contributed by atoms with van der Waals surface area (Å²) in [6, 6.07) is 10.3. The average molecular weight is 250 g/mol. The summed E-state index contributed by atoms with van der Waals surface area (Å²) < 4.78 is 2.95. The molecule has 0 atom stereocenters. The fourth-order valence-corrected chi connectivity index (χ4v) is 1.68. The van der Waals surface area contributed by atoms with Crippen LogP contribution in [0, 0.1) is 0 Å². The van der Waals surface area contributed by atoms with Gasteiger partial charge in [-0.3, -0.25) is 0 Å². The second kappa shape index (κ2) is 4.33. The van der Waals surface area contributed by atoms with Crippen LogP contribution in [0.2, 0.25) is 0 Å². The van der Waals surface area contributed by atoms with Gasteiger partial charge in [0.15, 0.2) is 17.3 Å². The normalized spacial score (nSPS) is 10.1. The predicted octanol–water partition coefficient (Wildman–Crippen LogP) is 2.18. The molecule has 2 rings (SSSR count). The van der Waals surface area contributed by atoms with Gasteiger partial charge in [0.2, 0.25) is 6.20 Å². The predicted molar refractivity (Wildman–Crippen MR) is 57.7 cm³/mol. The molecule has 3 heteroatoms. The monoisotopic (exact) mass is 249 g/mol. The smallest absolute Gasteiger partial charge is 0.202 e. The van der Waals surface area contributed by atoms with E-state index in [0.717, 1.165) is 11.1 Å². The number of hydrogen-bond acceptors (Lipinski definition) is 1. The number of nitrogens with zero attached hydrogens (tertiary/aromatic N) is 2. The Labute approximate surface area is 91.4 Å². The van der Waals surface area contributed by atoms with Crippen molar-refractivity contribution in [2.24, 2.45) is 0 Å². The highest BCUT2D eigenvalue weighted by Crippen LogP contribution is 2.00. The van der Waals surface area contributed by atoms with Crippen LogP contribution in [0.4, 0.5) is 0 Å². The number of benzene rings is 1. The summed E-state index contributed by atoms with van der Waals surface area (Å²) in [6.07, 6.45) is 5.71. The highest BCUT2D eigenvalue weighted by Gasteiger charge is 2.02. The molecule has 0 fully saturated rings. The SMILES string of the molecule is Brc1c[n+](Cc2ccccc2)ccn1. The van der Waals surface area contributed by atoms with Crippen LogP contribution >= 0.6 is 15.9 Å². The van der Waals surface area contributed by atoms with Gasteiger partial charge in [-0.05, 0) is 15.9 Å². The summed E-state index contributed by atoms with van der Waals surface area (Å²) in [5.41, 5.74) is 1.29. The number of hydrogen-bond donors (Lipinski definition) is 0. The van der Waals surface area contributed by atoms with Gasteiger partial charge < -0.3 is 0 Å². The standard InChI is InChI=1S/C11H10BrN2/c12-11-9-14(7-6-13-11)8-10-4-2-1-3-5-10/h1-7,9H,8H2/q+1. The van der Waals surface area contributed by atoms with Crippen LogP contribution in [0.5, 0.6) is 0 Å². The second-order valence-electron chi connectivity index (χ2n) is 3.04. The zero-order chi connectivity index (χ0) is 9.80. The lowest BCUT2D eigenvalue weighted by Gasteiger charge is -1.96. The fourth-order valence-electron chi connectivity index (χ4n) is 1.30. The van der Waals surface area contributed by atoms with Crippen molar-refractivity contribution in [3.05, 3.63) is 59.1 Å². The Kier molecular flexibility index (Phi) is 2.89. The zero-order valence-electron chi connectivity index (χ0n) is 7.60. The van der Waals surface area contributed by atoms with E-state index in [9.17, 15) is 0 Å². The van der Waals surface area contributed by atoms with E-state index in [2.05, 4.69) is 37.6 Å². The number of aromatic nitrogens is 2. The average Bonchev–Trinajstić information content (AvgIpc) is 2.19. The maximum atomic E-state index is 4.08. The van der Waals surface area contributed by atoms with Crippen molar-refractivity contribution < 1.29 is 4.57 Å². The van der Waals surface area contributed by atoms with Crippen molar-refractivity contribution in [3.63, 3.8) is 0 Å². The topological polar surface area (TPSA) is 16.8 Å². The Hall–Kier alpha value is -1.22. The molecule has 1 aromatic heterocycles. The van der Waals surface area contributed by atoms with Gasteiger partial charge in [-0.1, -0.05) is 30.3 Å². The third-order valence-electron chi connectivity index (χ3n) is 1.94. The molecule has 0 spiro atoms. The van der Waals surface area contributed by atoms with Gasteiger partial charge in [0.1, 0.15) is 0 Å². The molecule has 0 amide bonds. The van der Waals surface area contributed by atoms with Gasteiger partial charge in [0.25, 0.3) is 0 Å². The minimum absolute atomic E-state index is 0.857. The number of halogens is 1. The third kappa shape index (κ3) is 2.39. The van der Waals surface area contributed by atoms with E-state index in [0.29, 0.717) is 0 Å². The van der Waals surface area contributed by atoms with Crippen molar-refractivity contribution in [1.82, 2.24) is 4.98 Å². The van der Waals surface area contributed by atoms with Gasteiger partial charge >= 0.3 is 0 Å². The summed E-state index contributed by atoms with van der Waals surface area (Å²) in [5.74, 6) is 0. The Balaban J connectivity index is 2.19. The Morgan fingerprint density at radius 2 is 2.00 bits per heavy atom. The van der Waals surface area contributed by atoms with Crippen LogP contribution < -0.4 is 4.57 Å². The first-order valence-corrected chi connectivity index (χ1v) is 5.18. The minimum Gasteiger partial charge on any atom is -0.237 e. The van der Waals surface area contributed by atoms with Gasteiger partial charge in [-0.2, -0.15) is 4.57 Å². The highest BCUT2D eigenvalue weighted by atomic mass is 79.9. The lowest BCUT2D eigenvalue weighted by molar-refractivity contribution is -0.689. The van der Waals surface area contributed by atoms with Gasteiger partial charge in [0, 0.05) is 5.56 Å². The largest absolute Gasteiger partial charge is 0.237 e. The van der Waals surface area contributed by atoms with E-state index < -0.39 is 0 Å². The van der Waals surface area contributed by atoms with Crippen molar-refractivity contribution >= 4 is 15.9 Å². The van der Waals surface area contributed by atoms with Crippen molar-refractivity contribution in [2.45, 2.75) is 6.54 Å². The maximum absolute atomic E-state index is 4.08. The maximum Gasteiger partial charge on any atom is 0.202 e.